The first-order valence-corrected chi connectivity index (χ1v) is 6.34. The third-order valence-electron chi connectivity index (χ3n) is 2.09. The first kappa shape index (κ1) is 14.1. The van der Waals surface area contributed by atoms with Crippen LogP contribution < -0.4 is 5.32 Å². The van der Waals surface area contributed by atoms with Crippen molar-refractivity contribution in [2.24, 2.45) is 0 Å². The van der Waals surface area contributed by atoms with E-state index in [1.54, 1.807) is 30.3 Å². The molecule has 0 heterocycles. The van der Waals surface area contributed by atoms with Crippen molar-refractivity contribution in [1.82, 2.24) is 5.32 Å². The van der Waals surface area contributed by atoms with Crippen LogP contribution in [0.5, 0.6) is 0 Å². The third-order valence-corrected chi connectivity index (χ3v) is 2.99. The molecule has 0 aliphatic rings. The van der Waals surface area contributed by atoms with Gasteiger partial charge in [-0.1, -0.05) is 18.2 Å². The maximum Gasteiger partial charge on any atom is 0.327 e. The number of amides is 1. The average Bonchev–Trinajstić information content (AvgIpc) is 2.38. The number of hydrogen-bond acceptors (Lipinski definition) is 4. The molecule has 0 saturated carbocycles. The van der Waals surface area contributed by atoms with Gasteiger partial charge < -0.3 is 10.4 Å². The molecule has 18 heavy (non-hydrogen) atoms. The molecule has 5 nitrogen and oxygen atoms in total. The molecule has 0 fully saturated rings. The van der Waals surface area contributed by atoms with Gasteiger partial charge in [0.1, 0.15) is 6.04 Å². The smallest absolute Gasteiger partial charge is 0.327 e. The highest BCUT2D eigenvalue weighted by Crippen LogP contribution is 2.04. The van der Waals surface area contributed by atoms with Crippen LogP contribution in [0.25, 0.3) is 0 Å². The quantitative estimate of drug-likeness (QED) is 0.752. The molecule has 0 radical (unpaired) electrons. The van der Waals surface area contributed by atoms with E-state index in [9.17, 15) is 9.59 Å². The summed E-state index contributed by atoms with van der Waals surface area (Å²) in [4.78, 5) is 22.7. The van der Waals surface area contributed by atoms with Gasteiger partial charge in [0.25, 0.3) is 5.91 Å². The molecule has 94 valence electrons. The van der Waals surface area contributed by atoms with Crippen molar-refractivity contribution in [3.05, 3.63) is 35.9 Å². The van der Waals surface area contributed by atoms with E-state index in [2.05, 4.69) is 5.32 Å². The fourth-order valence-corrected chi connectivity index (χ4v) is 1.90. The number of nitrogens with one attached hydrogen (secondary N) is 1. The van der Waals surface area contributed by atoms with Gasteiger partial charge in [-0.2, -0.15) is 5.26 Å². The van der Waals surface area contributed by atoms with E-state index in [-0.39, 0.29) is 11.5 Å². The number of nitrogens with zero attached hydrogens (tertiary/aromatic N) is 1. The zero-order chi connectivity index (χ0) is 13.4. The molecule has 1 aromatic carbocycles. The molecule has 1 unspecified atom stereocenters. The second kappa shape index (κ2) is 7.35. The molecule has 1 rings (SSSR count). The second-order valence-corrected chi connectivity index (χ2v) is 4.43. The maximum absolute atomic E-state index is 11.7. The number of carboxylic acid groups (broad SMARTS) is 1. The maximum atomic E-state index is 11.7. The van der Waals surface area contributed by atoms with Crippen LogP contribution in [0.4, 0.5) is 0 Å². The predicted molar refractivity (Wildman–Crippen MR) is 68.3 cm³/mol. The van der Waals surface area contributed by atoms with Gasteiger partial charge >= 0.3 is 5.97 Å². The van der Waals surface area contributed by atoms with Crippen LogP contribution >= 0.6 is 11.8 Å². The van der Waals surface area contributed by atoms with E-state index in [4.69, 9.17) is 10.4 Å². The Bertz CT molecular complexity index is 456. The summed E-state index contributed by atoms with van der Waals surface area (Å²) in [6, 6.07) is 9.31. The van der Waals surface area contributed by atoms with Crippen molar-refractivity contribution >= 4 is 23.6 Å². The summed E-state index contributed by atoms with van der Waals surface area (Å²) >= 11 is 1.17. The number of nitriles is 1. The van der Waals surface area contributed by atoms with Gasteiger partial charge in [-0.05, 0) is 12.1 Å². The van der Waals surface area contributed by atoms with Gasteiger partial charge in [-0.25, -0.2) is 4.79 Å². The Labute approximate surface area is 109 Å². The fraction of sp³-hybridized carbons (Fsp3) is 0.250. The molecular weight excluding hydrogens is 252 g/mol. The van der Waals surface area contributed by atoms with Crippen LogP contribution in [-0.2, 0) is 4.79 Å². The van der Waals surface area contributed by atoms with E-state index >= 15 is 0 Å². The van der Waals surface area contributed by atoms with E-state index in [1.807, 2.05) is 6.07 Å². The lowest BCUT2D eigenvalue weighted by atomic mass is 10.2. The summed E-state index contributed by atoms with van der Waals surface area (Å²) in [5.74, 6) is -1.17. The number of carbonyl (C=O) groups is 2. The highest BCUT2D eigenvalue weighted by Gasteiger charge is 2.20. The van der Waals surface area contributed by atoms with Crippen LogP contribution in [0.3, 0.4) is 0 Å². The molecule has 2 N–H and O–H groups in total. The third kappa shape index (κ3) is 4.47. The summed E-state index contributed by atoms with van der Waals surface area (Å²) in [5.41, 5.74) is 0.411. The van der Waals surface area contributed by atoms with Gasteiger partial charge in [0, 0.05) is 11.3 Å². The van der Waals surface area contributed by atoms with E-state index in [0.29, 0.717) is 5.56 Å². The van der Waals surface area contributed by atoms with Gasteiger partial charge in [0.2, 0.25) is 0 Å². The summed E-state index contributed by atoms with van der Waals surface area (Å²) in [6.45, 7) is 0. The number of aliphatic carboxylic acids is 1. The van der Waals surface area contributed by atoms with Crippen molar-refractivity contribution < 1.29 is 14.7 Å². The molecule has 6 heteroatoms. The molecule has 0 aliphatic heterocycles. The van der Waals surface area contributed by atoms with Crippen LogP contribution in [0, 0.1) is 11.3 Å². The fourth-order valence-electron chi connectivity index (χ4n) is 1.23. The van der Waals surface area contributed by atoms with Crippen molar-refractivity contribution in [3.63, 3.8) is 0 Å². The van der Waals surface area contributed by atoms with E-state index in [1.165, 1.54) is 11.8 Å². The Morgan fingerprint density at radius 3 is 2.61 bits per heavy atom. The van der Waals surface area contributed by atoms with Gasteiger partial charge in [0.15, 0.2) is 0 Å². The zero-order valence-electron chi connectivity index (χ0n) is 9.50. The Morgan fingerprint density at radius 2 is 2.06 bits per heavy atom. The molecule has 0 spiro atoms. The van der Waals surface area contributed by atoms with Crippen LogP contribution in [0.15, 0.2) is 30.3 Å². The molecule has 0 saturated heterocycles. The molecule has 1 atom stereocenters. The zero-order valence-corrected chi connectivity index (χ0v) is 10.3. The Morgan fingerprint density at radius 1 is 1.39 bits per heavy atom. The average molecular weight is 264 g/mol. The molecule has 1 amide bonds. The normalized spacial score (nSPS) is 11.3. The number of thioether (sulfide) groups is 1. The molecule has 0 aliphatic carbocycles. The number of benzene rings is 1. The van der Waals surface area contributed by atoms with Crippen molar-refractivity contribution in [1.29, 1.82) is 5.26 Å². The summed E-state index contributed by atoms with van der Waals surface area (Å²) in [7, 11) is 0. The first-order chi connectivity index (χ1) is 8.65. The minimum Gasteiger partial charge on any atom is -0.480 e. The lowest BCUT2D eigenvalue weighted by molar-refractivity contribution is -0.138. The Hall–Kier alpha value is -2.00. The summed E-state index contributed by atoms with van der Waals surface area (Å²) in [5, 5.41) is 19.8. The highest BCUT2D eigenvalue weighted by molar-refractivity contribution is 7.99. The SMILES string of the molecule is N#CCSCC(NC(=O)c1ccccc1)C(=O)O. The van der Waals surface area contributed by atoms with Crippen LogP contribution in [0.1, 0.15) is 10.4 Å². The predicted octanol–water partition coefficient (Wildman–Crippen LogP) is 1.13. The highest BCUT2D eigenvalue weighted by atomic mass is 32.2. The Balaban J connectivity index is 2.59. The lowest BCUT2D eigenvalue weighted by Gasteiger charge is -2.13. The minimum absolute atomic E-state index is 0.168. The van der Waals surface area contributed by atoms with Crippen molar-refractivity contribution in [2.75, 3.05) is 11.5 Å². The van der Waals surface area contributed by atoms with Gasteiger partial charge in [-0.3, -0.25) is 4.79 Å². The number of rotatable bonds is 6. The van der Waals surface area contributed by atoms with Crippen molar-refractivity contribution in [3.8, 4) is 6.07 Å². The number of carboxylic acids is 1. The molecule has 0 bridgehead atoms. The lowest BCUT2D eigenvalue weighted by Crippen LogP contribution is -2.42. The number of hydrogen-bond donors (Lipinski definition) is 2. The topological polar surface area (TPSA) is 90.2 Å². The van der Waals surface area contributed by atoms with Crippen LogP contribution in [-0.4, -0.2) is 34.5 Å². The number of carbonyl (C=O) groups excluding carboxylic acids is 1. The summed E-state index contributed by atoms with van der Waals surface area (Å²) in [6.07, 6.45) is 0. The molecule has 1 aromatic rings. The first-order valence-electron chi connectivity index (χ1n) is 5.18. The van der Waals surface area contributed by atoms with Crippen LogP contribution in [0.2, 0.25) is 0 Å². The van der Waals surface area contributed by atoms with Gasteiger partial charge in [0.05, 0.1) is 11.8 Å². The summed E-state index contributed by atoms with van der Waals surface area (Å²) < 4.78 is 0. The minimum atomic E-state index is -1.11. The van der Waals surface area contributed by atoms with Crippen molar-refractivity contribution in [2.45, 2.75) is 6.04 Å². The van der Waals surface area contributed by atoms with E-state index < -0.39 is 17.9 Å². The van der Waals surface area contributed by atoms with Gasteiger partial charge in [-0.15, -0.1) is 11.8 Å². The largest absolute Gasteiger partial charge is 0.480 e. The monoisotopic (exact) mass is 264 g/mol. The standard InChI is InChI=1S/C12H12N2O3S/c13-6-7-18-8-10(12(16)17)14-11(15)9-4-2-1-3-5-9/h1-5,10H,7-8H2,(H,14,15)(H,16,17). The Kier molecular flexibility index (Phi) is 5.74. The second-order valence-electron chi connectivity index (χ2n) is 3.40. The molecule has 0 aromatic heterocycles. The van der Waals surface area contributed by atoms with E-state index in [0.717, 1.165) is 0 Å². The molecular formula is C12H12N2O3S.